The van der Waals surface area contributed by atoms with Crippen LogP contribution in [-0.4, -0.2) is 39.1 Å². The minimum absolute atomic E-state index is 0. The van der Waals surface area contributed by atoms with Gasteiger partial charge in [0.25, 0.3) is 5.91 Å². The Hall–Kier alpha value is -2.00. The highest BCUT2D eigenvalue weighted by molar-refractivity contribution is 14.0. The maximum atomic E-state index is 11.8. The zero-order chi connectivity index (χ0) is 20.4. The number of ether oxygens (including phenoxy) is 1. The molecule has 2 aromatic carbocycles. The van der Waals surface area contributed by atoms with Crippen LogP contribution in [0.25, 0.3) is 0 Å². The second kappa shape index (κ2) is 13.3. The summed E-state index contributed by atoms with van der Waals surface area (Å²) < 4.78 is 5.17. The van der Waals surface area contributed by atoms with Gasteiger partial charge in [0.2, 0.25) is 0 Å². The zero-order valence-corrected chi connectivity index (χ0v) is 20.0. The van der Waals surface area contributed by atoms with Gasteiger partial charge in [-0.1, -0.05) is 29.8 Å². The number of rotatable bonds is 8. The summed E-state index contributed by atoms with van der Waals surface area (Å²) in [4.78, 5) is 16.0. The van der Waals surface area contributed by atoms with E-state index in [0.717, 1.165) is 23.3 Å². The Labute approximate surface area is 194 Å². The van der Waals surface area contributed by atoms with Crippen LogP contribution in [0.3, 0.4) is 0 Å². The quantitative estimate of drug-likeness (QED) is 0.277. The van der Waals surface area contributed by atoms with Crippen molar-refractivity contribution in [2.75, 3.05) is 27.2 Å². The van der Waals surface area contributed by atoms with E-state index in [0.29, 0.717) is 36.2 Å². The molecule has 0 aromatic heterocycles. The highest BCUT2D eigenvalue weighted by Gasteiger charge is 2.05. The first kappa shape index (κ1) is 25.0. The minimum atomic E-state index is -0.0586. The molecule has 0 aliphatic heterocycles. The van der Waals surface area contributed by atoms with Gasteiger partial charge >= 0.3 is 0 Å². The van der Waals surface area contributed by atoms with Gasteiger partial charge in [-0.05, 0) is 48.7 Å². The summed E-state index contributed by atoms with van der Waals surface area (Å²) in [6.07, 6.45) is 0.769. The van der Waals surface area contributed by atoms with Crippen LogP contribution in [0.5, 0.6) is 5.75 Å². The normalized spacial score (nSPS) is 10.7. The number of aliphatic imine (C=N–C) groups is 1. The van der Waals surface area contributed by atoms with Gasteiger partial charge < -0.3 is 20.7 Å². The summed E-state index contributed by atoms with van der Waals surface area (Å²) in [5, 5.41) is 10.0. The van der Waals surface area contributed by atoms with E-state index < -0.39 is 0 Å². The molecule has 0 aliphatic rings. The molecule has 0 saturated heterocycles. The Morgan fingerprint density at radius 2 is 1.83 bits per heavy atom. The molecular weight excluding hydrogens is 503 g/mol. The number of amides is 1. The minimum Gasteiger partial charge on any atom is -0.497 e. The molecule has 0 atom stereocenters. The van der Waals surface area contributed by atoms with Crippen LogP contribution in [0.1, 0.15) is 28.4 Å². The Morgan fingerprint density at radius 1 is 1.10 bits per heavy atom. The van der Waals surface area contributed by atoms with Crippen molar-refractivity contribution >= 4 is 47.4 Å². The molecule has 6 nitrogen and oxygen atoms in total. The summed E-state index contributed by atoms with van der Waals surface area (Å²) in [6, 6.07) is 13.2. The molecule has 8 heteroatoms. The number of halogens is 2. The van der Waals surface area contributed by atoms with Crippen molar-refractivity contribution in [3.05, 3.63) is 64.2 Å². The van der Waals surface area contributed by atoms with Crippen molar-refractivity contribution in [2.45, 2.75) is 19.9 Å². The number of benzene rings is 2. The molecule has 0 aliphatic carbocycles. The molecule has 0 unspecified atom stereocenters. The first-order valence-corrected chi connectivity index (χ1v) is 9.59. The van der Waals surface area contributed by atoms with Crippen LogP contribution in [0, 0.1) is 0 Å². The Balaban J connectivity index is 0.00000420. The van der Waals surface area contributed by atoms with E-state index >= 15 is 0 Å². The topological polar surface area (TPSA) is 74.8 Å². The second-order valence-corrected chi connectivity index (χ2v) is 6.52. The van der Waals surface area contributed by atoms with Crippen molar-refractivity contribution in [2.24, 2.45) is 4.99 Å². The highest BCUT2D eigenvalue weighted by Crippen LogP contribution is 2.22. The molecule has 158 valence electrons. The van der Waals surface area contributed by atoms with Crippen molar-refractivity contribution in [3.8, 4) is 5.75 Å². The number of nitrogens with one attached hydrogen (secondary N) is 3. The lowest BCUT2D eigenvalue weighted by Crippen LogP contribution is -2.37. The standard InChI is InChI=1S/C21H27ClN4O2.HI/c1-4-24-20(27)17-7-5-15(6-8-17)14-26-21(23-2)25-12-11-16-9-10-18(28-3)13-19(16)22;/h5-10,13H,4,11-12,14H2,1-3H3,(H,24,27)(H2,23,25,26);1H. The van der Waals surface area contributed by atoms with Crippen LogP contribution in [-0.2, 0) is 13.0 Å². The molecule has 2 aromatic rings. The predicted octanol–water partition coefficient (Wildman–Crippen LogP) is 3.62. The van der Waals surface area contributed by atoms with Crippen LogP contribution in [0.4, 0.5) is 0 Å². The second-order valence-electron chi connectivity index (χ2n) is 6.12. The van der Waals surface area contributed by atoms with Gasteiger partial charge in [0.05, 0.1) is 7.11 Å². The number of hydrogen-bond donors (Lipinski definition) is 3. The lowest BCUT2D eigenvalue weighted by Gasteiger charge is -2.13. The number of carbonyl (C=O) groups is 1. The van der Waals surface area contributed by atoms with Gasteiger partial charge in [0.1, 0.15) is 5.75 Å². The van der Waals surface area contributed by atoms with Gasteiger partial charge in [-0.2, -0.15) is 0 Å². The molecule has 29 heavy (non-hydrogen) atoms. The summed E-state index contributed by atoms with van der Waals surface area (Å²) in [6.45, 7) is 3.82. The van der Waals surface area contributed by atoms with E-state index in [2.05, 4.69) is 20.9 Å². The third-order valence-corrected chi connectivity index (χ3v) is 4.54. The number of nitrogens with zero attached hydrogens (tertiary/aromatic N) is 1. The van der Waals surface area contributed by atoms with Crippen molar-refractivity contribution in [1.29, 1.82) is 0 Å². The SMILES string of the molecule is CCNC(=O)c1ccc(CNC(=NC)NCCc2ccc(OC)cc2Cl)cc1.I. The van der Waals surface area contributed by atoms with E-state index in [9.17, 15) is 4.79 Å². The van der Waals surface area contributed by atoms with Crippen molar-refractivity contribution in [3.63, 3.8) is 0 Å². The predicted molar refractivity (Wildman–Crippen MR) is 130 cm³/mol. The molecule has 0 bridgehead atoms. The Morgan fingerprint density at radius 3 is 2.41 bits per heavy atom. The van der Waals surface area contributed by atoms with E-state index in [1.165, 1.54) is 0 Å². The molecule has 0 heterocycles. The summed E-state index contributed by atoms with van der Waals surface area (Å²) >= 11 is 6.27. The van der Waals surface area contributed by atoms with Gasteiger partial charge in [-0.3, -0.25) is 9.79 Å². The fraction of sp³-hybridized carbons (Fsp3) is 0.333. The third kappa shape index (κ3) is 8.10. The number of guanidine groups is 1. The number of methoxy groups -OCH3 is 1. The van der Waals surface area contributed by atoms with Crippen molar-refractivity contribution < 1.29 is 9.53 Å². The molecule has 0 fully saturated rings. The molecule has 2 rings (SSSR count). The average molecular weight is 531 g/mol. The summed E-state index contributed by atoms with van der Waals surface area (Å²) in [7, 11) is 3.35. The monoisotopic (exact) mass is 530 g/mol. The van der Waals surface area contributed by atoms with Gasteiger partial charge in [0, 0.05) is 37.3 Å². The molecule has 1 amide bonds. The van der Waals surface area contributed by atoms with Crippen LogP contribution >= 0.6 is 35.6 Å². The molecule has 0 spiro atoms. The number of carbonyl (C=O) groups excluding carboxylic acids is 1. The van der Waals surface area contributed by atoms with E-state index in [1.807, 2.05) is 49.4 Å². The number of hydrogen-bond acceptors (Lipinski definition) is 3. The van der Waals surface area contributed by atoms with E-state index in [1.54, 1.807) is 14.2 Å². The van der Waals surface area contributed by atoms with E-state index in [4.69, 9.17) is 16.3 Å². The fourth-order valence-electron chi connectivity index (χ4n) is 2.62. The van der Waals surface area contributed by atoms with Crippen LogP contribution < -0.4 is 20.7 Å². The molecule has 0 radical (unpaired) electrons. The van der Waals surface area contributed by atoms with Gasteiger partial charge in [-0.15, -0.1) is 24.0 Å². The maximum Gasteiger partial charge on any atom is 0.251 e. The zero-order valence-electron chi connectivity index (χ0n) is 16.9. The van der Waals surface area contributed by atoms with Gasteiger partial charge in [-0.25, -0.2) is 0 Å². The molecule has 0 saturated carbocycles. The largest absolute Gasteiger partial charge is 0.497 e. The van der Waals surface area contributed by atoms with Gasteiger partial charge in [0.15, 0.2) is 5.96 Å². The summed E-state index contributed by atoms with van der Waals surface area (Å²) in [5.41, 5.74) is 2.77. The van der Waals surface area contributed by atoms with Crippen LogP contribution in [0.15, 0.2) is 47.5 Å². The lowest BCUT2D eigenvalue weighted by atomic mass is 10.1. The van der Waals surface area contributed by atoms with Crippen LogP contribution in [0.2, 0.25) is 5.02 Å². The smallest absolute Gasteiger partial charge is 0.251 e. The third-order valence-electron chi connectivity index (χ3n) is 4.18. The van der Waals surface area contributed by atoms with E-state index in [-0.39, 0.29) is 29.9 Å². The Kier molecular flexibility index (Phi) is 11.5. The average Bonchev–Trinajstić information content (AvgIpc) is 2.72. The first-order valence-electron chi connectivity index (χ1n) is 9.21. The molecule has 3 N–H and O–H groups in total. The fourth-order valence-corrected chi connectivity index (χ4v) is 2.88. The first-order chi connectivity index (χ1) is 13.6. The highest BCUT2D eigenvalue weighted by atomic mass is 127. The van der Waals surface area contributed by atoms with Crippen molar-refractivity contribution in [1.82, 2.24) is 16.0 Å². The summed E-state index contributed by atoms with van der Waals surface area (Å²) in [5.74, 6) is 1.39. The maximum absolute atomic E-state index is 11.8. The lowest BCUT2D eigenvalue weighted by molar-refractivity contribution is 0.0956. The Bertz CT molecular complexity index is 813. The molecular formula is C21H28ClIN4O2.